The number of carboxylic acids is 1. The highest BCUT2D eigenvalue weighted by atomic mass is 79.9. The Hall–Kier alpha value is -1.43. The van der Waals surface area contributed by atoms with Crippen molar-refractivity contribution in [3.8, 4) is 0 Å². The van der Waals surface area contributed by atoms with Gasteiger partial charge in [-0.2, -0.15) is 0 Å². The van der Waals surface area contributed by atoms with Crippen LogP contribution in [0.5, 0.6) is 0 Å². The van der Waals surface area contributed by atoms with Crippen molar-refractivity contribution in [2.45, 2.75) is 26.3 Å². The van der Waals surface area contributed by atoms with E-state index in [0.29, 0.717) is 10.0 Å². The second kappa shape index (κ2) is 6.65. The number of hydrogen-bond acceptors (Lipinski definition) is 2. The molecule has 19 heavy (non-hydrogen) atoms. The summed E-state index contributed by atoms with van der Waals surface area (Å²) in [5.41, 5.74) is 0.477. The Balaban J connectivity index is 2.74. The molecule has 0 saturated heterocycles. The van der Waals surface area contributed by atoms with E-state index < -0.39 is 23.7 Å². The third-order valence-electron chi connectivity index (χ3n) is 2.61. The summed E-state index contributed by atoms with van der Waals surface area (Å²) in [6, 6.07) is 3.09. The van der Waals surface area contributed by atoms with Crippen LogP contribution in [0.25, 0.3) is 0 Å². The minimum absolute atomic E-state index is 0.0746. The maximum absolute atomic E-state index is 13.1. The molecular formula is C13H15BrFNO3. The van der Waals surface area contributed by atoms with Gasteiger partial charge >= 0.3 is 5.97 Å². The van der Waals surface area contributed by atoms with Gasteiger partial charge in [-0.25, -0.2) is 9.18 Å². The number of nitrogens with one attached hydrogen (secondary N) is 1. The van der Waals surface area contributed by atoms with E-state index in [1.54, 1.807) is 13.8 Å². The Bertz CT molecular complexity index is 491. The molecule has 0 aliphatic rings. The van der Waals surface area contributed by atoms with E-state index in [2.05, 4.69) is 21.2 Å². The van der Waals surface area contributed by atoms with Gasteiger partial charge in [-0.15, -0.1) is 0 Å². The largest absolute Gasteiger partial charge is 0.480 e. The van der Waals surface area contributed by atoms with Gasteiger partial charge in [0, 0.05) is 4.47 Å². The molecule has 1 aromatic carbocycles. The van der Waals surface area contributed by atoms with Crippen LogP contribution in [0.3, 0.4) is 0 Å². The fourth-order valence-electron chi connectivity index (χ4n) is 1.59. The number of carbonyl (C=O) groups is 2. The van der Waals surface area contributed by atoms with E-state index in [-0.39, 0.29) is 12.3 Å². The second-order valence-electron chi connectivity index (χ2n) is 4.54. The molecule has 0 spiro atoms. The molecule has 1 rings (SSSR count). The Labute approximate surface area is 119 Å². The van der Waals surface area contributed by atoms with Crippen LogP contribution in [0.2, 0.25) is 0 Å². The Morgan fingerprint density at radius 2 is 2.05 bits per heavy atom. The molecule has 0 saturated carbocycles. The number of amides is 1. The molecule has 0 unspecified atom stereocenters. The molecule has 2 N–H and O–H groups in total. The molecule has 0 aliphatic heterocycles. The summed E-state index contributed by atoms with van der Waals surface area (Å²) >= 11 is 3.22. The number of aliphatic carboxylic acids is 1. The molecule has 0 aromatic heterocycles. The van der Waals surface area contributed by atoms with E-state index >= 15 is 0 Å². The van der Waals surface area contributed by atoms with Gasteiger partial charge in [0.2, 0.25) is 5.91 Å². The summed E-state index contributed by atoms with van der Waals surface area (Å²) < 4.78 is 13.7. The van der Waals surface area contributed by atoms with E-state index in [1.807, 2.05) is 0 Å². The van der Waals surface area contributed by atoms with Crippen LogP contribution in [-0.4, -0.2) is 23.0 Å². The average molecular weight is 332 g/mol. The van der Waals surface area contributed by atoms with Crippen molar-refractivity contribution in [1.29, 1.82) is 0 Å². The first kappa shape index (κ1) is 15.6. The molecule has 0 fully saturated rings. The van der Waals surface area contributed by atoms with Crippen LogP contribution >= 0.6 is 15.9 Å². The fourth-order valence-corrected chi connectivity index (χ4v) is 1.98. The van der Waals surface area contributed by atoms with Gasteiger partial charge in [-0.1, -0.05) is 29.8 Å². The van der Waals surface area contributed by atoms with Crippen molar-refractivity contribution >= 4 is 27.8 Å². The van der Waals surface area contributed by atoms with Crippen LogP contribution in [0, 0.1) is 11.7 Å². The summed E-state index contributed by atoms with van der Waals surface area (Å²) in [5, 5.41) is 11.4. The lowest BCUT2D eigenvalue weighted by Gasteiger charge is -2.18. The number of carbonyl (C=O) groups excluding carboxylic acids is 1. The molecule has 1 amide bonds. The zero-order chi connectivity index (χ0) is 14.6. The lowest BCUT2D eigenvalue weighted by atomic mass is 10.0. The van der Waals surface area contributed by atoms with E-state index in [1.165, 1.54) is 18.2 Å². The zero-order valence-corrected chi connectivity index (χ0v) is 12.2. The first-order chi connectivity index (χ1) is 8.81. The monoisotopic (exact) mass is 331 g/mol. The standard InChI is InChI=1S/C13H15BrFNO3/c1-7(2)12(13(18)19)16-11(17)6-8-5-9(15)3-4-10(8)14/h3-5,7,12H,6H2,1-2H3,(H,16,17)(H,18,19)/t12-/m1/s1. The highest BCUT2D eigenvalue weighted by Crippen LogP contribution is 2.18. The van der Waals surface area contributed by atoms with Crippen molar-refractivity contribution in [3.05, 3.63) is 34.1 Å². The van der Waals surface area contributed by atoms with Gasteiger partial charge in [0.1, 0.15) is 11.9 Å². The SMILES string of the molecule is CC(C)[C@@H](NC(=O)Cc1cc(F)ccc1Br)C(=O)O. The molecule has 0 bridgehead atoms. The number of benzene rings is 1. The van der Waals surface area contributed by atoms with Crippen LogP contribution in [0.15, 0.2) is 22.7 Å². The predicted molar refractivity (Wildman–Crippen MR) is 72.2 cm³/mol. The van der Waals surface area contributed by atoms with Gasteiger partial charge < -0.3 is 10.4 Å². The second-order valence-corrected chi connectivity index (χ2v) is 5.39. The van der Waals surface area contributed by atoms with Gasteiger partial charge in [0.25, 0.3) is 0 Å². The number of rotatable bonds is 5. The van der Waals surface area contributed by atoms with Crippen molar-refractivity contribution < 1.29 is 19.1 Å². The van der Waals surface area contributed by atoms with Crippen molar-refractivity contribution in [1.82, 2.24) is 5.32 Å². The van der Waals surface area contributed by atoms with Gasteiger partial charge in [-0.05, 0) is 29.7 Å². The minimum atomic E-state index is -1.08. The quantitative estimate of drug-likeness (QED) is 0.870. The lowest BCUT2D eigenvalue weighted by molar-refractivity contribution is -0.143. The Morgan fingerprint density at radius 3 is 2.58 bits per heavy atom. The molecule has 6 heteroatoms. The van der Waals surface area contributed by atoms with Crippen LogP contribution in [0.1, 0.15) is 19.4 Å². The van der Waals surface area contributed by atoms with E-state index in [9.17, 15) is 14.0 Å². The van der Waals surface area contributed by atoms with Gasteiger partial charge in [0.15, 0.2) is 0 Å². The number of hydrogen-bond donors (Lipinski definition) is 2. The summed E-state index contributed by atoms with van der Waals surface area (Å²) in [4.78, 5) is 22.7. The summed E-state index contributed by atoms with van der Waals surface area (Å²) in [6.45, 7) is 3.41. The highest BCUT2D eigenvalue weighted by Gasteiger charge is 2.23. The molecule has 0 heterocycles. The molecule has 0 radical (unpaired) electrons. The van der Waals surface area contributed by atoms with Crippen molar-refractivity contribution in [2.75, 3.05) is 0 Å². The van der Waals surface area contributed by atoms with E-state index in [0.717, 1.165) is 0 Å². The topological polar surface area (TPSA) is 66.4 Å². The lowest BCUT2D eigenvalue weighted by Crippen LogP contribution is -2.44. The third kappa shape index (κ3) is 4.63. The summed E-state index contributed by atoms with van der Waals surface area (Å²) in [7, 11) is 0. The molecule has 1 atom stereocenters. The number of halogens is 2. The average Bonchev–Trinajstić information content (AvgIpc) is 2.30. The molecule has 1 aromatic rings. The van der Waals surface area contributed by atoms with Crippen molar-refractivity contribution in [3.63, 3.8) is 0 Å². The highest BCUT2D eigenvalue weighted by molar-refractivity contribution is 9.10. The zero-order valence-electron chi connectivity index (χ0n) is 10.6. The predicted octanol–water partition coefficient (Wildman–Crippen LogP) is 2.36. The van der Waals surface area contributed by atoms with Gasteiger partial charge in [0.05, 0.1) is 6.42 Å². The smallest absolute Gasteiger partial charge is 0.326 e. The minimum Gasteiger partial charge on any atom is -0.480 e. The first-order valence-electron chi connectivity index (χ1n) is 5.77. The van der Waals surface area contributed by atoms with Crippen molar-refractivity contribution in [2.24, 2.45) is 5.92 Å². The van der Waals surface area contributed by atoms with Gasteiger partial charge in [-0.3, -0.25) is 4.79 Å². The third-order valence-corrected chi connectivity index (χ3v) is 3.38. The molecule has 104 valence electrons. The Morgan fingerprint density at radius 1 is 1.42 bits per heavy atom. The summed E-state index contributed by atoms with van der Waals surface area (Å²) in [6.07, 6.45) is -0.0746. The fraction of sp³-hybridized carbons (Fsp3) is 0.385. The summed E-state index contributed by atoms with van der Waals surface area (Å²) in [5.74, 6) is -2.20. The van der Waals surface area contributed by atoms with E-state index in [4.69, 9.17) is 5.11 Å². The normalized spacial score (nSPS) is 12.3. The molecule has 0 aliphatic carbocycles. The molecule has 4 nitrogen and oxygen atoms in total. The molecular weight excluding hydrogens is 317 g/mol. The number of carboxylic acid groups (broad SMARTS) is 1. The van der Waals surface area contributed by atoms with Crippen LogP contribution in [0.4, 0.5) is 4.39 Å². The Kier molecular flexibility index (Phi) is 5.47. The van der Waals surface area contributed by atoms with Crippen LogP contribution in [-0.2, 0) is 16.0 Å². The maximum Gasteiger partial charge on any atom is 0.326 e. The maximum atomic E-state index is 13.1. The van der Waals surface area contributed by atoms with Crippen LogP contribution < -0.4 is 5.32 Å². The first-order valence-corrected chi connectivity index (χ1v) is 6.56.